The molecule has 1 unspecified atom stereocenters. The summed E-state index contributed by atoms with van der Waals surface area (Å²) in [6.07, 6.45) is -0.428. The number of hydrogen-bond acceptors (Lipinski definition) is 8. The Bertz CT molecular complexity index is 1570. The summed E-state index contributed by atoms with van der Waals surface area (Å²) in [5.74, 6) is -2.67. The molecule has 1 atom stereocenters. The van der Waals surface area contributed by atoms with E-state index in [0.29, 0.717) is 18.7 Å². The molecule has 0 spiro atoms. The van der Waals surface area contributed by atoms with Gasteiger partial charge in [-0.2, -0.15) is 5.26 Å². The van der Waals surface area contributed by atoms with E-state index in [9.17, 15) is 27.9 Å². The summed E-state index contributed by atoms with van der Waals surface area (Å²) in [7, 11) is -4.29. The van der Waals surface area contributed by atoms with E-state index in [-0.39, 0.29) is 22.6 Å². The van der Waals surface area contributed by atoms with Gasteiger partial charge in [0, 0.05) is 44.1 Å². The Balaban J connectivity index is 1.24. The molecule has 0 bridgehead atoms. The highest BCUT2D eigenvalue weighted by Crippen LogP contribution is 2.27. The third kappa shape index (κ3) is 5.01. The molecule has 10 nitrogen and oxygen atoms in total. The first-order valence-electron chi connectivity index (χ1n) is 12.7. The Hall–Kier alpha value is -4.69. The molecule has 40 heavy (non-hydrogen) atoms. The number of benzene rings is 3. The van der Waals surface area contributed by atoms with Crippen LogP contribution in [-0.4, -0.2) is 74.2 Å². The molecule has 1 fully saturated rings. The quantitative estimate of drug-likeness (QED) is 0.414. The Kier molecular flexibility index (Phi) is 7.28. The summed E-state index contributed by atoms with van der Waals surface area (Å²) in [5, 5.41) is 16.9. The summed E-state index contributed by atoms with van der Waals surface area (Å²) in [5.41, 5.74) is 2.88. The van der Waals surface area contributed by atoms with E-state index in [4.69, 9.17) is 5.26 Å². The van der Waals surface area contributed by atoms with Gasteiger partial charge in [0.15, 0.2) is 15.1 Å². The topological polar surface area (TPSA) is 139 Å². The second kappa shape index (κ2) is 10.8. The molecule has 1 N–H and O–H groups in total. The van der Waals surface area contributed by atoms with E-state index in [0.717, 1.165) is 29.4 Å². The highest BCUT2D eigenvalue weighted by Gasteiger charge is 2.39. The molecule has 2 aliphatic heterocycles. The summed E-state index contributed by atoms with van der Waals surface area (Å²) in [6, 6.07) is 21.9. The molecule has 0 radical (unpaired) electrons. The van der Waals surface area contributed by atoms with Gasteiger partial charge >= 0.3 is 5.97 Å². The summed E-state index contributed by atoms with van der Waals surface area (Å²) in [6.45, 7) is 2.55. The zero-order chi connectivity index (χ0) is 28.4. The molecule has 2 amide bonds. The SMILES string of the molecule is N#Cc1ccc(N2CCN(c3ccc(S(=O)(=O)C(CCN4C(=O)c5ccccc5C4=O)C(=O)O)cc3)CC2)cc1. The maximum atomic E-state index is 13.3. The Labute approximate surface area is 231 Å². The number of carbonyl (C=O) groups excluding carboxylic acids is 2. The third-order valence-corrected chi connectivity index (χ3v) is 9.43. The van der Waals surface area contributed by atoms with Gasteiger partial charge in [0.25, 0.3) is 11.8 Å². The van der Waals surface area contributed by atoms with Crippen molar-refractivity contribution >= 4 is 39.0 Å². The van der Waals surface area contributed by atoms with Gasteiger partial charge < -0.3 is 14.9 Å². The smallest absolute Gasteiger partial charge is 0.322 e. The van der Waals surface area contributed by atoms with E-state index < -0.39 is 39.3 Å². The average molecular weight is 559 g/mol. The first kappa shape index (κ1) is 26.9. The van der Waals surface area contributed by atoms with Crippen molar-refractivity contribution < 1.29 is 27.9 Å². The molecule has 0 aromatic heterocycles. The van der Waals surface area contributed by atoms with Crippen molar-refractivity contribution in [3.05, 3.63) is 89.5 Å². The number of nitrogens with zero attached hydrogens (tertiary/aromatic N) is 4. The van der Waals surface area contributed by atoms with E-state index in [2.05, 4.69) is 15.9 Å². The highest BCUT2D eigenvalue weighted by molar-refractivity contribution is 7.92. The van der Waals surface area contributed by atoms with Gasteiger partial charge in [0.2, 0.25) is 0 Å². The van der Waals surface area contributed by atoms with Crippen LogP contribution in [0.15, 0.2) is 77.7 Å². The van der Waals surface area contributed by atoms with Crippen LogP contribution in [0, 0.1) is 11.3 Å². The molecule has 3 aromatic rings. The van der Waals surface area contributed by atoms with Gasteiger partial charge in [-0.15, -0.1) is 0 Å². The van der Waals surface area contributed by atoms with Gasteiger partial charge in [-0.25, -0.2) is 8.42 Å². The van der Waals surface area contributed by atoms with Crippen LogP contribution in [0.5, 0.6) is 0 Å². The third-order valence-electron chi connectivity index (χ3n) is 7.31. The van der Waals surface area contributed by atoms with Crippen LogP contribution in [0.25, 0.3) is 0 Å². The molecule has 2 heterocycles. The highest BCUT2D eigenvalue weighted by atomic mass is 32.2. The zero-order valence-corrected chi connectivity index (χ0v) is 22.3. The van der Waals surface area contributed by atoms with Crippen LogP contribution in [-0.2, 0) is 14.6 Å². The fourth-order valence-corrected chi connectivity index (χ4v) is 6.61. The number of fused-ring (bicyclic) bond motifs is 1. The van der Waals surface area contributed by atoms with Gasteiger partial charge in [-0.05, 0) is 67.1 Å². The van der Waals surface area contributed by atoms with Gasteiger partial charge in [0.1, 0.15) is 0 Å². The van der Waals surface area contributed by atoms with Crippen molar-refractivity contribution in [3.8, 4) is 6.07 Å². The van der Waals surface area contributed by atoms with Crippen molar-refractivity contribution in [2.24, 2.45) is 0 Å². The van der Waals surface area contributed by atoms with Crippen LogP contribution in [0.2, 0.25) is 0 Å². The number of imide groups is 1. The fraction of sp³-hybridized carbons (Fsp3) is 0.241. The lowest BCUT2D eigenvalue weighted by atomic mass is 10.1. The molecule has 3 aromatic carbocycles. The average Bonchev–Trinajstić information content (AvgIpc) is 3.22. The second-order valence-electron chi connectivity index (χ2n) is 9.59. The second-order valence-corrected chi connectivity index (χ2v) is 11.7. The number of carbonyl (C=O) groups is 3. The van der Waals surface area contributed by atoms with E-state index >= 15 is 0 Å². The molecule has 11 heteroatoms. The number of rotatable bonds is 8. The maximum Gasteiger partial charge on any atom is 0.322 e. The number of carboxylic acids is 1. The number of hydrogen-bond donors (Lipinski definition) is 1. The Morgan fingerprint density at radius 2 is 1.30 bits per heavy atom. The fourth-order valence-electron chi connectivity index (χ4n) is 5.08. The van der Waals surface area contributed by atoms with Crippen LogP contribution >= 0.6 is 0 Å². The molecule has 0 aliphatic carbocycles. The van der Waals surface area contributed by atoms with Crippen molar-refractivity contribution in [2.45, 2.75) is 16.6 Å². The van der Waals surface area contributed by atoms with Crippen LogP contribution in [0.1, 0.15) is 32.7 Å². The van der Waals surface area contributed by atoms with Gasteiger partial charge in [0.05, 0.1) is 27.7 Å². The summed E-state index contributed by atoms with van der Waals surface area (Å²) < 4.78 is 26.6. The van der Waals surface area contributed by atoms with E-state index in [1.165, 1.54) is 24.3 Å². The number of piperazine rings is 1. The van der Waals surface area contributed by atoms with Gasteiger partial charge in [-0.1, -0.05) is 12.1 Å². The predicted octanol–water partition coefficient (Wildman–Crippen LogP) is 2.80. The maximum absolute atomic E-state index is 13.3. The molecule has 2 aliphatic rings. The normalized spacial score (nSPS) is 16.0. The molecule has 0 saturated carbocycles. The number of nitriles is 1. The minimum absolute atomic E-state index is 0.137. The van der Waals surface area contributed by atoms with Crippen LogP contribution in [0.3, 0.4) is 0 Å². The number of sulfone groups is 1. The molecule has 1 saturated heterocycles. The Morgan fingerprint density at radius 3 is 1.75 bits per heavy atom. The van der Waals surface area contributed by atoms with Crippen LogP contribution in [0.4, 0.5) is 11.4 Å². The first-order valence-corrected chi connectivity index (χ1v) is 14.3. The summed E-state index contributed by atoms with van der Waals surface area (Å²) >= 11 is 0. The minimum atomic E-state index is -4.29. The largest absolute Gasteiger partial charge is 0.480 e. The molecule has 204 valence electrons. The first-order chi connectivity index (χ1) is 19.2. The lowest BCUT2D eigenvalue weighted by Gasteiger charge is -2.37. The van der Waals surface area contributed by atoms with Crippen molar-refractivity contribution in [2.75, 3.05) is 42.5 Å². The lowest BCUT2D eigenvalue weighted by Crippen LogP contribution is -2.46. The number of aliphatic carboxylic acids is 1. The number of amides is 2. The Morgan fingerprint density at radius 1 is 0.825 bits per heavy atom. The molecular formula is C29H26N4O6S. The minimum Gasteiger partial charge on any atom is -0.480 e. The molecule has 5 rings (SSSR count). The predicted molar refractivity (Wildman–Crippen MR) is 147 cm³/mol. The standard InChI is InChI=1S/C29H26N4O6S/c30-19-20-5-7-21(8-6-20)31-15-17-32(18-16-31)22-9-11-23(12-10-22)40(38,39)26(29(36)37)13-14-33-27(34)24-3-1-2-4-25(24)28(33)35/h1-12,26H,13-18H2,(H,36,37). The van der Waals surface area contributed by atoms with Crippen LogP contribution < -0.4 is 9.80 Å². The summed E-state index contributed by atoms with van der Waals surface area (Å²) in [4.78, 5) is 42.3. The molecular weight excluding hydrogens is 532 g/mol. The van der Waals surface area contributed by atoms with E-state index in [1.807, 2.05) is 12.1 Å². The van der Waals surface area contributed by atoms with Gasteiger partial charge in [-0.3, -0.25) is 19.3 Å². The van der Waals surface area contributed by atoms with E-state index in [1.54, 1.807) is 36.4 Å². The number of anilines is 2. The van der Waals surface area contributed by atoms with Crippen molar-refractivity contribution in [1.82, 2.24) is 4.90 Å². The monoisotopic (exact) mass is 558 g/mol. The number of carboxylic acid groups (broad SMARTS) is 1. The zero-order valence-electron chi connectivity index (χ0n) is 21.4. The van der Waals surface area contributed by atoms with Crippen molar-refractivity contribution in [3.63, 3.8) is 0 Å². The van der Waals surface area contributed by atoms with Crippen molar-refractivity contribution in [1.29, 1.82) is 5.26 Å². The lowest BCUT2D eigenvalue weighted by molar-refractivity contribution is -0.136.